The third-order valence-corrected chi connectivity index (χ3v) is 9.93. The fourth-order valence-electron chi connectivity index (χ4n) is 7.48. The highest BCUT2D eigenvalue weighted by Crippen LogP contribution is 2.49. The lowest BCUT2D eigenvalue weighted by atomic mass is 9.96. The Kier molecular flexibility index (Phi) is 4.60. The summed E-state index contributed by atoms with van der Waals surface area (Å²) in [6.07, 6.45) is 0. The summed E-state index contributed by atoms with van der Waals surface area (Å²) < 4.78 is 171. The molecule has 0 unspecified atom stereocenters. The summed E-state index contributed by atoms with van der Waals surface area (Å²) in [5, 5.41) is 3.11. The van der Waals surface area contributed by atoms with Crippen LogP contribution >= 0.6 is 0 Å². The number of furan rings is 1. The Hall–Kier alpha value is -7.62. The lowest BCUT2D eigenvalue weighted by Gasteiger charge is -2.29. The van der Waals surface area contributed by atoms with Crippen molar-refractivity contribution in [2.75, 3.05) is 4.90 Å². The highest BCUT2D eigenvalue weighted by Gasteiger charge is 2.25. The van der Waals surface area contributed by atoms with Gasteiger partial charge in [0, 0.05) is 38.5 Å². The van der Waals surface area contributed by atoms with Crippen molar-refractivity contribution >= 4 is 60.8 Å². The highest BCUT2D eigenvalue weighted by molar-refractivity contribution is 6.15. The van der Waals surface area contributed by atoms with E-state index >= 15 is 0 Å². The van der Waals surface area contributed by atoms with Gasteiger partial charge in [0.25, 0.3) is 0 Å². The van der Waals surface area contributed by atoms with Crippen LogP contribution in [0.15, 0.2) is 222 Å². The summed E-state index contributed by atoms with van der Waals surface area (Å²) in [5.41, 5.74) is -0.330. The maximum atomic E-state index is 9.82. The highest BCUT2D eigenvalue weighted by atomic mass is 16.3. The van der Waals surface area contributed by atoms with Crippen molar-refractivity contribution in [1.82, 2.24) is 4.57 Å². The van der Waals surface area contributed by atoms with E-state index in [4.69, 9.17) is 18.1 Å². The van der Waals surface area contributed by atoms with Crippen LogP contribution in [0, 0.1) is 0 Å². The van der Waals surface area contributed by atoms with Crippen molar-refractivity contribution in [3.63, 3.8) is 0 Å². The number of nitrogens with zero attached hydrogens (tertiary/aromatic N) is 2. The van der Waals surface area contributed by atoms with Crippen molar-refractivity contribution in [2.45, 2.75) is 0 Å². The minimum atomic E-state index is -0.879. The quantitative estimate of drug-likeness (QED) is 0.162. The number of anilines is 3. The van der Waals surface area contributed by atoms with Crippen LogP contribution in [0.4, 0.5) is 17.1 Å². The van der Waals surface area contributed by atoms with Crippen LogP contribution in [-0.2, 0) is 0 Å². The van der Waals surface area contributed by atoms with Gasteiger partial charge >= 0.3 is 0 Å². The zero-order chi connectivity index (χ0) is 53.4. The molecule has 11 aromatic rings. The first-order chi connectivity index (χ1) is 35.8. The van der Waals surface area contributed by atoms with Gasteiger partial charge in [-0.15, -0.1) is 0 Å². The zero-order valence-electron chi connectivity index (χ0n) is 47.7. The Morgan fingerprint density at radius 2 is 0.912 bits per heavy atom. The first-order valence-electron chi connectivity index (χ1n) is 27.0. The lowest BCUT2D eigenvalue weighted by molar-refractivity contribution is 0.670. The summed E-state index contributed by atoms with van der Waals surface area (Å²) in [6.45, 7) is 0. The number of rotatable bonds is 7. The predicted molar refractivity (Wildman–Crippen MR) is 239 cm³/mol. The third-order valence-electron chi connectivity index (χ3n) is 9.93. The van der Waals surface area contributed by atoms with E-state index in [2.05, 4.69) is 0 Å². The van der Waals surface area contributed by atoms with E-state index in [9.17, 15) is 11.0 Å². The summed E-state index contributed by atoms with van der Waals surface area (Å²) in [6, 6.07) is 18.4. The fourth-order valence-corrected chi connectivity index (χ4v) is 7.48. The molecule has 0 aliphatic rings. The predicted octanol–water partition coefficient (Wildman–Crippen LogP) is 15.2. The molecule has 268 valence electrons. The van der Waals surface area contributed by atoms with E-state index in [0.29, 0.717) is 27.6 Å². The fraction of sp³-hybridized carbons (Fsp3) is 0. The standard InChI is InChI=1S/C54H36N2O/c1-3-15-37(16-4-1)39-27-31-41(32-28-39)55(42-33-29-40(30-34-42)38-17-5-2-6-18-38)51-36-35-46-45-21-10-14-26-52(45)57-54(46)53(51)47-22-9-13-25-50(47)56-48-23-11-7-19-43(48)44-20-8-12-24-49(44)56/h1-36H/i1D,2D,3D,4D,5D,6D,15D,16D,17D,18D,27D,28D,29D,30D,31D,32D,33D,34D. The lowest BCUT2D eigenvalue weighted by Crippen LogP contribution is -2.12. The Labute approximate surface area is 356 Å². The molecule has 0 radical (unpaired) electrons. The van der Waals surface area contributed by atoms with Crippen LogP contribution in [0.25, 0.3) is 82.8 Å². The van der Waals surface area contributed by atoms with Gasteiger partial charge in [-0.1, -0.05) is 157 Å². The Morgan fingerprint density at radius 3 is 1.51 bits per heavy atom. The van der Waals surface area contributed by atoms with Gasteiger partial charge in [-0.2, -0.15) is 0 Å². The molecule has 0 atom stereocenters. The number of hydrogen-bond acceptors (Lipinski definition) is 2. The molecule has 0 amide bonds. The minimum Gasteiger partial charge on any atom is -0.455 e. The first-order valence-corrected chi connectivity index (χ1v) is 18.0. The van der Waals surface area contributed by atoms with Crippen LogP contribution in [0.1, 0.15) is 24.7 Å². The van der Waals surface area contributed by atoms with Crippen LogP contribution in [0.2, 0.25) is 0 Å². The third kappa shape index (κ3) is 5.51. The monoisotopic (exact) mass is 746 g/mol. The molecule has 9 aromatic carbocycles. The molecule has 11 rings (SSSR count). The van der Waals surface area contributed by atoms with Crippen molar-refractivity contribution in [3.8, 4) is 39.1 Å². The molecule has 3 heteroatoms. The topological polar surface area (TPSA) is 21.3 Å². The zero-order valence-corrected chi connectivity index (χ0v) is 29.7. The average Bonchev–Trinajstić information content (AvgIpc) is 3.99. The molecular weight excluding hydrogens is 693 g/mol. The molecule has 0 spiro atoms. The number of hydrogen-bond donors (Lipinski definition) is 0. The second-order valence-electron chi connectivity index (χ2n) is 13.1. The number of benzene rings is 9. The van der Waals surface area contributed by atoms with Crippen molar-refractivity contribution in [3.05, 3.63) is 218 Å². The Balaban J connectivity index is 1.32. The molecule has 0 fully saturated rings. The summed E-state index contributed by atoms with van der Waals surface area (Å²) in [7, 11) is 0. The molecule has 0 saturated heterocycles. The molecule has 0 saturated carbocycles. The molecule has 0 N–H and O–H groups in total. The molecular formula is C54H36N2O. The smallest absolute Gasteiger partial charge is 0.145 e. The van der Waals surface area contributed by atoms with Gasteiger partial charge in [0.2, 0.25) is 0 Å². The van der Waals surface area contributed by atoms with Gasteiger partial charge in [-0.3, -0.25) is 0 Å². The second-order valence-corrected chi connectivity index (χ2v) is 13.1. The average molecular weight is 747 g/mol. The van der Waals surface area contributed by atoms with E-state index in [-0.39, 0.29) is 16.8 Å². The molecule has 3 nitrogen and oxygen atoms in total. The van der Waals surface area contributed by atoms with E-state index < -0.39 is 142 Å². The second kappa shape index (κ2) is 13.6. The number of fused-ring (bicyclic) bond motifs is 6. The minimum absolute atomic E-state index is 0.0532. The SMILES string of the molecule is [2H]c1c([2H])c([2H])c(-c2c([2H])c([2H])c(N(c3ccc4c(oc5ccccc54)c3-c3ccccc3-n3c4ccccc4c4ccccc43)c3c([2H])c([2H])c(-c4c([2H])c([2H])c([2H])c([2H])c4[2H])c([2H])c3[2H])c([2H])c2[2H])c([2H])c1[2H]. The maximum absolute atomic E-state index is 9.82. The van der Waals surface area contributed by atoms with E-state index in [1.807, 2.05) is 77.4 Å². The van der Waals surface area contributed by atoms with Crippen molar-refractivity contribution in [2.24, 2.45) is 0 Å². The largest absolute Gasteiger partial charge is 0.455 e. The van der Waals surface area contributed by atoms with Gasteiger partial charge in [0.1, 0.15) is 11.2 Å². The summed E-state index contributed by atoms with van der Waals surface area (Å²) >= 11 is 0. The normalized spacial score (nSPS) is 15.9. The molecule has 0 aliphatic carbocycles. The summed E-state index contributed by atoms with van der Waals surface area (Å²) in [5.74, 6) is 0. The van der Waals surface area contributed by atoms with Gasteiger partial charge in [0.05, 0.1) is 52.6 Å². The van der Waals surface area contributed by atoms with Crippen LogP contribution in [0.5, 0.6) is 0 Å². The van der Waals surface area contributed by atoms with Crippen LogP contribution in [-0.4, -0.2) is 4.57 Å². The number of aromatic nitrogens is 1. The van der Waals surface area contributed by atoms with E-state index in [0.717, 1.165) is 26.7 Å². The summed E-state index contributed by atoms with van der Waals surface area (Å²) in [4.78, 5) is 1.05. The molecule has 2 aromatic heterocycles. The van der Waals surface area contributed by atoms with Gasteiger partial charge in [-0.05, 0) is 82.8 Å². The van der Waals surface area contributed by atoms with E-state index in [1.54, 1.807) is 36.4 Å². The van der Waals surface area contributed by atoms with Gasteiger partial charge in [-0.25, -0.2) is 0 Å². The molecule has 57 heavy (non-hydrogen) atoms. The Bertz CT molecular complexity index is 4010. The van der Waals surface area contributed by atoms with Crippen molar-refractivity contribution < 1.29 is 29.1 Å². The maximum Gasteiger partial charge on any atom is 0.145 e. The van der Waals surface area contributed by atoms with Gasteiger partial charge in [0.15, 0.2) is 0 Å². The van der Waals surface area contributed by atoms with E-state index in [1.165, 1.54) is 0 Å². The van der Waals surface area contributed by atoms with Gasteiger partial charge < -0.3 is 13.9 Å². The molecule has 2 heterocycles. The van der Waals surface area contributed by atoms with Crippen LogP contribution < -0.4 is 4.90 Å². The Morgan fingerprint density at radius 1 is 0.421 bits per heavy atom. The van der Waals surface area contributed by atoms with Crippen LogP contribution in [0.3, 0.4) is 0 Å². The first kappa shape index (κ1) is 19.3. The molecule has 0 bridgehead atoms. The molecule has 0 aliphatic heterocycles. The number of para-hydroxylation sites is 4. The van der Waals surface area contributed by atoms with Crippen molar-refractivity contribution in [1.29, 1.82) is 0 Å².